The third-order valence-electron chi connectivity index (χ3n) is 3.86. The minimum absolute atomic E-state index is 0.178. The molecular formula is C14H20BrFN2. The van der Waals surface area contributed by atoms with Crippen LogP contribution >= 0.6 is 15.9 Å². The van der Waals surface area contributed by atoms with E-state index in [0.29, 0.717) is 16.6 Å². The van der Waals surface area contributed by atoms with Gasteiger partial charge in [-0.1, -0.05) is 12.1 Å². The van der Waals surface area contributed by atoms with Gasteiger partial charge in [-0.25, -0.2) is 4.39 Å². The van der Waals surface area contributed by atoms with Crippen molar-refractivity contribution in [2.24, 2.45) is 0 Å². The Morgan fingerprint density at radius 1 is 1.28 bits per heavy atom. The third kappa shape index (κ3) is 2.92. The smallest absolute Gasteiger partial charge is 0.137 e. The molecule has 1 aliphatic heterocycles. The Morgan fingerprint density at radius 2 is 1.89 bits per heavy atom. The summed E-state index contributed by atoms with van der Waals surface area (Å²) in [5, 5.41) is 0. The fourth-order valence-electron chi connectivity index (χ4n) is 2.55. The van der Waals surface area contributed by atoms with Crippen molar-refractivity contribution in [3.05, 3.63) is 34.1 Å². The van der Waals surface area contributed by atoms with Gasteiger partial charge in [0.1, 0.15) is 5.82 Å². The Balaban J connectivity index is 2.08. The fourth-order valence-corrected chi connectivity index (χ4v) is 2.94. The van der Waals surface area contributed by atoms with Crippen LogP contribution in [0.15, 0.2) is 22.7 Å². The number of hydrogen-bond donors (Lipinski definition) is 0. The highest BCUT2D eigenvalue weighted by Gasteiger charge is 2.26. The van der Waals surface area contributed by atoms with Gasteiger partial charge in [0.2, 0.25) is 0 Å². The summed E-state index contributed by atoms with van der Waals surface area (Å²) >= 11 is 3.34. The molecule has 2 rings (SSSR count). The largest absolute Gasteiger partial charge is 0.298 e. The molecule has 0 N–H and O–H groups in total. The maximum atomic E-state index is 13.5. The zero-order chi connectivity index (χ0) is 13.3. The summed E-state index contributed by atoms with van der Waals surface area (Å²) in [4.78, 5) is 4.80. The molecule has 0 amide bonds. The molecule has 4 heteroatoms. The van der Waals surface area contributed by atoms with Gasteiger partial charge in [0.05, 0.1) is 4.47 Å². The van der Waals surface area contributed by atoms with Gasteiger partial charge in [-0.3, -0.25) is 9.80 Å². The molecule has 1 saturated heterocycles. The van der Waals surface area contributed by atoms with Gasteiger partial charge in [0.25, 0.3) is 0 Å². The van der Waals surface area contributed by atoms with Gasteiger partial charge in [-0.05, 0) is 48.5 Å². The van der Waals surface area contributed by atoms with Crippen molar-refractivity contribution >= 4 is 15.9 Å². The van der Waals surface area contributed by atoms with E-state index >= 15 is 0 Å². The predicted octanol–water partition coefficient (Wildman–Crippen LogP) is 3.11. The van der Waals surface area contributed by atoms with Crippen molar-refractivity contribution in [2.45, 2.75) is 32.5 Å². The highest BCUT2D eigenvalue weighted by Crippen LogP contribution is 2.23. The molecule has 1 aromatic carbocycles. The maximum absolute atomic E-state index is 13.5. The van der Waals surface area contributed by atoms with Crippen molar-refractivity contribution in [1.82, 2.24) is 9.80 Å². The second-order valence-corrected chi connectivity index (χ2v) is 6.06. The number of likely N-dealkylation sites (N-methyl/N-ethyl adjacent to an activating group) is 1. The van der Waals surface area contributed by atoms with Crippen LogP contribution < -0.4 is 0 Å². The van der Waals surface area contributed by atoms with E-state index in [4.69, 9.17) is 0 Å². The van der Waals surface area contributed by atoms with Gasteiger partial charge < -0.3 is 0 Å². The molecule has 1 aromatic rings. The minimum atomic E-state index is -0.178. The first kappa shape index (κ1) is 14.0. The second-order valence-electron chi connectivity index (χ2n) is 5.27. The Kier molecular flexibility index (Phi) is 4.41. The van der Waals surface area contributed by atoms with Gasteiger partial charge in [-0.2, -0.15) is 0 Å². The number of nitrogens with zero attached hydrogens (tertiary/aromatic N) is 2. The Labute approximate surface area is 117 Å². The van der Waals surface area contributed by atoms with E-state index in [2.05, 4.69) is 46.6 Å². The van der Waals surface area contributed by atoms with Crippen molar-refractivity contribution < 1.29 is 4.39 Å². The standard InChI is InChI=1S/C14H20BrFN2/c1-10-7-18(8-11(2)17(10)3)9-12-5-4-6-13(16)14(12)15/h4-6,10-11H,7-9H2,1-3H3. The second kappa shape index (κ2) is 5.68. The summed E-state index contributed by atoms with van der Waals surface area (Å²) in [6, 6.07) is 6.34. The molecule has 0 aromatic heterocycles. The molecule has 2 nitrogen and oxygen atoms in total. The van der Waals surface area contributed by atoms with Crippen molar-refractivity contribution in [3.63, 3.8) is 0 Å². The molecule has 0 aliphatic carbocycles. The molecular weight excluding hydrogens is 295 g/mol. The van der Waals surface area contributed by atoms with E-state index in [9.17, 15) is 4.39 Å². The van der Waals surface area contributed by atoms with Crippen LogP contribution in [0.3, 0.4) is 0 Å². The van der Waals surface area contributed by atoms with E-state index in [0.717, 1.165) is 25.2 Å². The topological polar surface area (TPSA) is 6.48 Å². The first-order valence-electron chi connectivity index (χ1n) is 6.36. The van der Waals surface area contributed by atoms with Crippen LogP contribution in [0, 0.1) is 5.82 Å². The zero-order valence-corrected chi connectivity index (χ0v) is 12.7. The Bertz CT molecular complexity index is 412. The summed E-state index contributed by atoms with van der Waals surface area (Å²) in [7, 11) is 2.17. The van der Waals surface area contributed by atoms with E-state index in [-0.39, 0.29) is 5.82 Å². The molecule has 2 unspecified atom stereocenters. The van der Waals surface area contributed by atoms with Crippen molar-refractivity contribution in [3.8, 4) is 0 Å². The molecule has 0 radical (unpaired) electrons. The minimum Gasteiger partial charge on any atom is -0.298 e. The molecule has 0 bridgehead atoms. The SMILES string of the molecule is CC1CN(Cc2cccc(F)c2Br)CC(C)N1C. The summed E-state index contributed by atoms with van der Waals surface area (Å²) in [6.07, 6.45) is 0. The first-order valence-corrected chi connectivity index (χ1v) is 7.15. The number of rotatable bonds is 2. The van der Waals surface area contributed by atoms with Gasteiger partial charge in [-0.15, -0.1) is 0 Å². The van der Waals surface area contributed by atoms with E-state index in [1.54, 1.807) is 6.07 Å². The zero-order valence-electron chi connectivity index (χ0n) is 11.2. The lowest BCUT2D eigenvalue weighted by Crippen LogP contribution is -2.54. The summed E-state index contributed by atoms with van der Waals surface area (Å²) in [5.74, 6) is -0.178. The average molecular weight is 315 g/mol. The van der Waals surface area contributed by atoms with E-state index < -0.39 is 0 Å². The molecule has 100 valence electrons. The summed E-state index contributed by atoms with van der Waals surface area (Å²) in [5.41, 5.74) is 1.03. The van der Waals surface area contributed by atoms with Crippen molar-refractivity contribution in [1.29, 1.82) is 0 Å². The summed E-state index contributed by atoms with van der Waals surface area (Å²) in [6.45, 7) is 7.35. The molecule has 0 spiro atoms. The Hall–Kier alpha value is -0.450. The fraction of sp³-hybridized carbons (Fsp3) is 0.571. The van der Waals surface area contributed by atoms with Crippen LogP contribution in [-0.2, 0) is 6.54 Å². The van der Waals surface area contributed by atoms with Crippen molar-refractivity contribution in [2.75, 3.05) is 20.1 Å². The molecule has 1 fully saturated rings. The highest BCUT2D eigenvalue weighted by atomic mass is 79.9. The van der Waals surface area contributed by atoms with Crippen LogP contribution in [0.5, 0.6) is 0 Å². The van der Waals surface area contributed by atoms with E-state index in [1.165, 1.54) is 6.07 Å². The Morgan fingerprint density at radius 3 is 2.50 bits per heavy atom. The molecule has 1 heterocycles. The monoisotopic (exact) mass is 314 g/mol. The summed E-state index contributed by atoms with van der Waals surface area (Å²) < 4.78 is 14.1. The van der Waals surface area contributed by atoms with E-state index in [1.807, 2.05) is 6.07 Å². The predicted molar refractivity (Wildman–Crippen MR) is 76.1 cm³/mol. The number of piperazine rings is 1. The molecule has 2 atom stereocenters. The van der Waals surface area contributed by atoms with Crippen LogP contribution in [0.25, 0.3) is 0 Å². The lowest BCUT2D eigenvalue weighted by Gasteiger charge is -2.42. The van der Waals surface area contributed by atoms with Crippen LogP contribution in [0.4, 0.5) is 4.39 Å². The van der Waals surface area contributed by atoms with Gasteiger partial charge in [0.15, 0.2) is 0 Å². The highest BCUT2D eigenvalue weighted by molar-refractivity contribution is 9.10. The molecule has 1 aliphatic rings. The lowest BCUT2D eigenvalue weighted by molar-refractivity contribution is 0.0554. The first-order chi connectivity index (χ1) is 8.49. The molecule has 18 heavy (non-hydrogen) atoms. The normalized spacial score (nSPS) is 26.5. The number of hydrogen-bond acceptors (Lipinski definition) is 2. The van der Waals surface area contributed by atoms with Crippen LogP contribution in [-0.4, -0.2) is 42.0 Å². The maximum Gasteiger partial charge on any atom is 0.137 e. The number of halogens is 2. The average Bonchev–Trinajstić information content (AvgIpc) is 2.32. The van der Waals surface area contributed by atoms with Gasteiger partial charge in [0, 0.05) is 31.7 Å². The van der Waals surface area contributed by atoms with Gasteiger partial charge >= 0.3 is 0 Å². The third-order valence-corrected chi connectivity index (χ3v) is 4.75. The van der Waals surface area contributed by atoms with Crippen LogP contribution in [0.2, 0.25) is 0 Å². The van der Waals surface area contributed by atoms with Crippen LogP contribution in [0.1, 0.15) is 19.4 Å². The number of benzene rings is 1. The lowest BCUT2D eigenvalue weighted by atomic mass is 10.1. The molecule has 0 saturated carbocycles. The quantitative estimate of drug-likeness (QED) is 0.827.